The summed E-state index contributed by atoms with van der Waals surface area (Å²) in [6.07, 6.45) is 1.72. The van der Waals surface area contributed by atoms with E-state index in [4.69, 9.17) is 9.26 Å². The fourth-order valence-electron chi connectivity index (χ4n) is 2.37. The molecule has 1 aliphatic rings. The van der Waals surface area contributed by atoms with Crippen molar-refractivity contribution in [2.45, 2.75) is 39.3 Å². The summed E-state index contributed by atoms with van der Waals surface area (Å²) in [5, 5.41) is 6.77. The van der Waals surface area contributed by atoms with Gasteiger partial charge in [0.15, 0.2) is 5.76 Å². The first-order chi connectivity index (χ1) is 9.17. The van der Waals surface area contributed by atoms with Crippen molar-refractivity contribution in [1.29, 1.82) is 0 Å². The minimum absolute atomic E-state index is 0.150. The van der Waals surface area contributed by atoms with Crippen LogP contribution in [0.25, 0.3) is 0 Å². The maximum absolute atomic E-state index is 11.4. The van der Waals surface area contributed by atoms with Gasteiger partial charge in [-0.25, -0.2) is 4.79 Å². The normalized spacial score (nSPS) is 20.2. The molecule has 0 saturated carbocycles. The summed E-state index contributed by atoms with van der Waals surface area (Å²) in [5.41, 5.74) is 0.896. The number of rotatable bonds is 4. The standard InChI is InChI=1S/C13H21N3O3/c1-3-18-13(17)14-11-5-4-6-16(8-11)9-12-7-10(2)15-19-12/h7,11H,3-6,8-9H2,1-2H3,(H,14,17). The van der Waals surface area contributed by atoms with Crippen molar-refractivity contribution in [2.75, 3.05) is 19.7 Å². The summed E-state index contributed by atoms with van der Waals surface area (Å²) in [6, 6.07) is 2.10. The van der Waals surface area contributed by atoms with Crippen LogP contribution in [0.1, 0.15) is 31.2 Å². The Morgan fingerprint density at radius 1 is 1.68 bits per heavy atom. The van der Waals surface area contributed by atoms with Crippen molar-refractivity contribution in [3.63, 3.8) is 0 Å². The lowest BCUT2D eigenvalue weighted by Gasteiger charge is -2.32. The molecule has 1 unspecified atom stereocenters. The van der Waals surface area contributed by atoms with Crippen LogP contribution >= 0.6 is 0 Å². The third kappa shape index (κ3) is 4.24. The van der Waals surface area contributed by atoms with Gasteiger partial charge < -0.3 is 14.6 Å². The number of ether oxygens (including phenoxy) is 1. The van der Waals surface area contributed by atoms with Crippen LogP contribution in [0.4, 0.5) is 4.79 Å². The Morgan fingerprint density at radius 3 is 3.21 bits per heavy atom. The second kappa shape index (κ2) is 6.56. The van der Waals surface area contributed by atoms with E-state index in [-0.39, 0.29) is 12.1 Å². The predicted octanol–water partition coefficient (Wildman–Crippen LogP) is 1.69. The van der Waals surface area contributed by atoms with E-state index in [0.29, 0.717) is 6.61 Å². The van der Waals surface area contributed by atoms with Gasteiger partial charge in [0.2, 0.25) is 0 Å². The molecule has 1 fully saturated rings. The van der Waals surface area contributed by atoms with Crippen LogP contribution in [-0.2, 0) is 11.3 Å². The van der Waals surface area contributed by atoms with E-state index in [2.05, 4.69) is 15.4 Å². The Balaban J connectivity index is 1.81. The molecule has 106 valence electrons. The number of piperidine rings is 1. The molecule has 0 aliphatic carbocycles. The van der Waals surface area contributed by atoms with Crippen molar-refractivity contribution in [2.24, 2.45) is 0 Å². The first-order valence-electron chi connectivity index (χ1n) is 6.75. The quantitative estimate of drug-likeness (QED) is 0.899. The van der Waals surface area contributed by atoms with E-state index < -0.39 is 0 Å². The average Bonchev–Trinajstić information content (AvgIpc) is 2.75. The van der Waals surface area contributed by atoms with Gasteiger partial charge in [0.25, 0.3) is 0 Å². The summed E-state index contributed by atoms with van der Waals surface area (Å²) in [5.74, 6) is 0.870. The smallest absolute Gasteiger partial charge is 0.407 e. The van der Waals surface area contributed by atoms with Crippen LogP contribution in [0.15, 0.2) is 10.6 Å². The van der Waals surface area contributed by atoms with Crippen LogP contribution in [0, 0.1) is 6.92 Å². The number of carbonyl (C=O) groups excluding carboxylic acids is 1. The zero-order valence-corrected chi connectivity index (χ0v) is 11.5. The molecule has 19 heavy (non-hydrogen) atoms. The molecule has 1 N–H and O–H groups in total. The van der Waals surface area contributed by atoms with Crippen molar-refractivity contribution in [3.8, 4) is 0 Å². The number of alkyl carbamates (subject to hydrolysis) is 1. The minimum atomic E-state index is -0.329. The molecular weight excluding hydrogens is 246 g/mol. The molecule has 0 bridgehead atoms. The molecule has 2 heterocycles. The molecule has 0 spiro atoms. The van der Waals surface area contributed by atoms with E-state index in [1.807, 2.05) is 13.0 Å². The van der Waals surface area contributed by atoms with Gasteiger partial charge in [-0.15, -0.1) is 0 Å². The van der Waals surface area contributed by atoms with Gasteiger partial charge in [0, 0.05) is 18.7 Å². The number of aromatic nitrogens is 1. The lowest BCUT2D eigenvalue weighted by atomic mass is 10.1. The van der Waals surface area contributed by atoms with Crippen molar-refractivity contribution in [1.82, 2.24) is 15.4 Å². The van der Waals surface area contributed by atoms with Gasteiger partial charge in [-0.1, -0.05) is 5.16 Å². The van der Waals surface area contributed by atoms with Crippen LogP contribution < -0.4 is 5.32 Å². The molecule has 1 amide bonds. The third-order valence-corrected chi connectivity index (χ3v) is 3.16. The van der Waals surface area contributed by atoms with Gasteiger partial charge in [-0.2, -0.15) is 0 Å². The maximum atomic E-state index is 11.4. The zero-order chi connectivity index (χ0) is 13.7. The monoisotopic (exact) mass is 267 g/mol. The Labute approximate surface area is 113 Å². The first-order valence-corrected chi connectivity index (χ1v) is 6.75. The number of likely N-dealkylation sites (tertiary alicyclic amines) is 1. The lowest BCUT2D eigenvalue weighted by Crippen LogP contribution is -2.47. The molecule has 6 heteroatoms. The number of aryl methyl sites for hydroxylation is 1. The largest absolute Gasteiger partial charge is 0.450 e. The fourth-order valence-corrected chi connectivity index (χ4v) is 2.37. The molecule has 1 aromatic rings. The Hall–Kier alpha value is -1.56. The molecule has 2 rings (SSSR count). The van der Waals surface area contributed by atoms with Gasteiger partial charge >= 0.3 is 6.09 Å². The highest BCUT2D eigenvalue weighted by molar-refractivity contribution is 5.67. The summed E-state index contributed by atoms with van der Waals surface area (Å²) >= 11 is 0. The van der Waals surface area contributed by atoms with E-state index in [1.54, 1.807) is 6.92 Å². The second-order valence-corrected chi connectivity index (χ2v) is 4.87. The molecule has 6 nitrogen and oxygen atoms in total. The first kappa shape index (κ1) is 13.9. The number of carbonyl (C=O) groups is 1. The van der Waals surface area contributed by atoms with E-state index in [0.717, 1.165) is 43.9 Å². The minimum Gasteiger partial charge on any atom is -0.450 e. The Bertz CT molecular complexity index is 419. The van der Waals surface area contributed by atoms with Gasteiger partial charge in [0.05, 0.1) is 18.8 Å². The summed E-state index contributed by atoms with van der Waals surface area (Å²) in [7, 11) is 0. The van der Waals surface area contributed by atoms with E-state index in [9.17, 15) is 4.79 Å². The lowest BCUT2D eigenvalue weighted by molar-refractivity contribution is 0.129. The zero-order valence-electron chi connectivity index (χ0n) is 11.5. The second-order valence-electron chi connectivity index (χ2n) is 4.87. The molecule has 0 aromatic carbocycles. The number of nitrogens with zero attached hydrogens (tertiary/aromatic N) is 2. The van der Waals surface area contributed by atoms with Crippen LogP contribution in [-0.4, -0.2) is 41.9 Å². The number of hydrogen-bond acceptors (Lipinski definition) is 5. The summed E-state index contributed by atoms with van der Waals surface area (Å²) in [4.78, 5) is 13.7. The summed E-state index contributed by atoms with van der Waals surface area (Å²) < 4.78 is 10.1. The maximum Gasteiger partial charge on any atom is 0.407 e. The molecule has 1 aliphatic heterocycles. The fraction of sp³-hybridized carbons (Fsp3) is 0.692. The average molecular weight is 267 g/mol. The Kier molecular flexibility index (Phi) is 4.79. The number of nitrogens with one attached hydrogen (secondary N) is 1. The molecular formula is C13H21N3O3. The van der Waals surface area contributed by atoms with E-state index in [1.165, 1.54) is 0 Å². The van der Waals surface area contributed by atoms with Gasteiger partial charge in [0.1, 0.15) is 0 Å². The molecule has 1 saturated heterocycles. The molecule has 1 atom stereocenters. The van der Waals surface area contributed by atoms with Crippen molar-refractivity contribution < 1.29 is 14.1 Å². The topological polar surface area (TPSA) is 67.6 Å². The van der Waals surface area contributed by atoms with Crippen molar-refractivity contribution in [3.05, 3.63) is 17.5 Å². The molecule has 1 aromatic heterocycles. The van der Waals surface area contributed by atoms with Gasteiger partial charge in [-0.05, 0) is 33.2 Å². The third-order valence-electron chi connectivity index (χ3n) is 3.16. The highest BCUT2D eigenvalue weighted by atomic mass is 16.5. The Morgan fingerprint density at radius 2 is 2.53 bits per heavy atom. The highest BCUT2D eigenvalue weighted by Crippen LogP contribution is 2.14. The summed E-state index contributed by atoms with van der Waals surface area (Å²) in [6.45, 7) is 6.69. The SMILES string of the molecule is CCOC(=O)NC1CCCN(Cc2cc(C)no2)C1. The van der Waals surface area contributed by atoms with Crippen LogP contribution in [0.5, 0.6) is 0 Å². The number of hydrogen-bond donors (Lipinski definition) is 1. The molecule has 0 radical (unpaired) electrons. The van der Waals surface area contributed by atoms with Crippen LogP contribution in [0.2, 0.25) is 0 Å². The van der Waals surface area contributed by atoms with E-state index >= 15 is 0 Å². The number of amides is 1. The van der Waals surface area contributed by atoms with Crippen molar-refractivity contribution >= 4 is 6.09 Å². The highest BCUT2D eigenvalue weighted by Gasteiger charge is 2.22. The predicted molar refractivity (Wildman–Crippen MR) is 69.7 cm³/mol. The van der Waals surface area contributed by atoms with Gasteiger partial charge in [-0.3, -0.25) is 4.90 Å². The van der Waals surface area contributed by atoms with Crippen LogP contribution in [0.3, 0.4) is 0 Å².